The Morgan fingerprint density at radius 3 is 1.16 bits per heavy atom. The minimum Gasteiger partial charge on any atom is -0.872 e. The van der Waals surface area contributed by atoms with Crippen LogP contribution in [0.15, 0.2) is 97.6 Å². The fourth-order valence-electron chi connectivity index (χ4n) is 5.08. The summed E-state index contributed by atoms with van der Waals surface area (Å²) in [5.74, 6) is -1.03. The standard InChI is InChI=1S/2C19H23NO3.H2O4S/c2*1-19(2,3)15(13-20-7-5-4-6-8-20)11-18(23)14-9-16(21)12-17(22)10-14;1-5(2,3)4/h2*4-10,12,15H,11,13H2,1-3H3,(H-,21,22);(H2,1,2,3,4). The van der Waals surface area contributed by atoms with Crippen molar-refractivity contribution in [2.24, 2.45) is 22.7 Å². The summed E-state index contributed by atoms with van der Waals surface area (Å²) in [6, 6.07) is 19.3. The van der Waals surface area contributed by atoms with Gasteiger partial charge in [0, 0.05) is 60.1 Å². The molecule has 4 rings (SSSR count). The Labute approximate surface area is 299 Å². The average Bonchev–Trinajstić information content (AvgIpc) is 2.99. The first kappa shape index (κ1) is 42.3. The van der Waals surface area contributed by atoms with Crippen molar-refractivity contribution in [1.29, 1.82) is 0 Å². The van der Waals surface area contributed by atoms with E-state index < -0.39 is 10.4 Å². The van der Waals surface area contributed by atoms with E-state index in [4.69, 9.17) is 17.5 Å². The second kappa shape index (κ2) is 18.4. The van der Waals surface area contributed by atoms with Gasteiger partial charge in [0.15, 0.2) is 49.4 Å². The average molecular weight is 725 g/mol. The van der Waals surface area contributed by atoms with E-state index in [9.17, 15) is 30.0 Å². The van der Waals surface area contributed by atoms with Crippen LogP contribution < -0.4 is 19.3 Å². The zero-order valence-corrected chi connectivity index (χ0v) is 30.6. The third-order valence-corrected chi connectivity index (χ3v) is 8.16. The lowest BCUT2D eigenvalue weighted by Gasteiger charge is -2.28. The smallest absolute Gasteiger partial charge is 0.394 e. The highest BCUT2D eigenvalue weighted by Gasteiger charge is 2.32. The molecule has 4 N–H and O–H groups in total. The highest BCUT2D eigenvalue weighted by Crippen LogP contribution is 2.32. The van der Waals surface area contributed by atoms with Crippen molar-refractivity contribution < 1.29 is 56.7 Å². The Morgan fingerprint density at radius 2 is 0.902 bits per heavy atom. The van der Waals surface area contributed by atoms with E-state index in [1.165, 1.54) is 24.3 Å². The summed E-state index contributed by atoms with van der Waals surface area (Å²) in [5, 5.41) is 42.0. The highest BCUT2D eigenvalue weighted by molar-refractivity contribution is 7.79. The number of pyridine rings is 2. The molecule has 0 spiro atoms. The molecule has 0 bridgehead atoms. The van der Waals surface area contributed by atoms with Gasteiger partial charge in [-0.15, -0.1) is 11.5 Å². The van der Waals surface area contributed by atoms with E-state index >= 15 is 0 Å². The van der Waals surface area contributed by atoms with E-state index in [1.807, 2.05) is 61.2 Å². The van der Waals surface area contributed by atoms with Crippen LogP contribution in [0.1, 0.15) is 75.1 Å². The highest BCUT2D eigenvalue weighted by atomic mass is 32.3. The van der Waals surface area contributed by atoms with Gasteiger partial charge in [-0.05, 0) is 35.1 Å². The van der Waals surface area contributed by atoms with Gasteiger partial charge in [-0.25, -0.2) is 9.13 Å². The van der Waals surface area contributed by atoms with Crippen LogP contribution in [-0.2, 0) is 23.5 Å². The molecule has 0 amide bonds. The number of phenols is 2. The van der Waals surface area contributed by atoms with Crippen molar-refractivity contribution in [2.75, 3.05) is 0 Å². The minimum absolute atomic E-state index is 0.0599. The molecule has 2 unspecified atom stereocenters. The number of carbonyl (C=O) groups excluding carboxylic acids is 2. The van der Waals surface area contributed by atoms with Gasteiger partial charge in [0.2, 0.25) is 0 Å². The largest absolute Gasteiger partial charge is 0.872 e. The lowest BCUT2D eigenvalue weighted by Crippen LogP contribution is -2.41. The number of benzene rings is 2. The third-order valence-electron chi connectivity index (χ3n) is 8.16. The number of nitrogens with zero attached hydrogens (tertiary/aromatic N) is 2. The zero-order valence-electron chi connectivity index (χ0n) is 29.8. The van der Waals surface area contributed by atoms with Crippen molar-refractivity contribution in [2.45, 2.75) is 67.5 Å². The summed E-state index contributed by atoms with van der Waals surface area (Å²) in [6.45, 7) is 14.1. The van der Waals surface area contributed by atoms with Gasteiger partial charge in [-0.2, -0.15) is 8.42 Å². The van der Waals surface area contributed by atoms with Crippen LogP contribution in [0.25, 0.3) is 0 Å². The Kier molecular flexibility index (Phi) is 15.3. The number of phenolic OH excluding ortho intramolecular Hbond substituents is 2. The lowest BCUT2D eigenvalue weighted by molar-refractivity contribution is -0.705. The van der Waals surface area contributed by atoms with Crippen LogP contribution in [0, 0.1) is 22.7 Å². The summed E-state index contributed by atoms with van der Waals surface area (Å²) in [4.78, 5) is 25.1. The van der Waals surface area contributed by atoms with E-state index in [1.54, 1.807) is 0 Å². The van der Waals surface area contributed by atoms with Crippen molar-refractivity contribution in [1.82, 2.24) is 0 Å². The molecule has 0 aliphatic carbocycles. The van der Waals surface area contributed by atoms with Crippen molar-refractivity contribution in [3.8, 4) is 23.0 Å². The van der Waals surface area contributed by atoms with Crippen molar-refractivity contribution in [3.63, 3.8) is 0 Å². The molecule has 2 heterocycles. The lowest BCUT2D eigenvalue weighted by atomic mass is 9.77. The summed E-state index contributed by atoms with van der Waals surface area (Å²) >= 11 is 0. The number of aromatic hydroxyl groups is 2. The fourth-order valence-corrected chi connectivity index (χ4v) is 5.08. The van der Waals surface area contributed by atoms with E-state index in [0.717, 1.165) is 25.2 Å². The topological polar surface area (TPSA) is 203 Å². The number of Topliss-reactive ketones (excluding diaryl/α,β-unsaturated/α-hetero) is 2. The number of hydrogen-bond acceptors (Lipinski definition) is 8. The molecule has 0 saturated heterocycles. The monoisotopic (exact) mass is 724 g/mol. The minimum atomic E-state index is -4.67. The molecule has 276 valence electrons. The molecule has 51 heavy (non-hydrogen) atoms. The molecule has 2 atom stereocenters. The van der Waals surface area contributed by atoms with E-state index in [0.29, 0.717) is 12.8 Å². The van der Waals surface area contributed by atoms with Gasteiger partial charge in [0.25, 0.3) is 0 Å². The van der Waals surface area contributed by atoms with E-state index in [2.05, 4.69) is 50.7 Å². The van der Waals surface area contributed by atoms with E-state index in [-0.39, 0.29) is 68.4 Å². The van der Waals surface area contributed by atoms with Crippen LogP contribution in [0.4, 0.5) is 0 Å². The molecular formula is C38H48N2O10S. The molecule has 0 aliphatic heterocycles. The molecule has 0 aliphatic rings. The summed E-state index contributed by atoms with van der Waals surface area (Å²) in [5.41, 5.74) is 0.440. The molecular weight excluding hydrogens is 676 g/mol. The number of ketones is 2. The van der Waals surface area contributed by atoms with Crippen LogP contribution in [0.3, 0.4) is 0 Å². The first-order valence-corrected chi connectivity index (χ1v) is 17.6. The predicted molar refractivity (Wildman–Crippen MR) is 186 cm³/mol. The maximum absolute atomic E-state index is 12.5. The van der Waals surface area contributed by atoms with Gasteiger partial charge in [-0.1, -0.05) is 65.8 Å². The molecule has 2 aromatic carbocycles. The predicted octanol–water partition coefficient (Wildman–Crippen LogP) is 4.72. The normalized spacial score (nSPS) is 12.7. The maximum Gasteiger partial charge on any atom is 0.394 e. The van der Waals surface area contributed by atoms with Crippen molar-refractivity contribution in [3.05, 3.63) is 109 Å². The van der Waals surface area contributed by atoms with Crippen LogP contribution in [0.5, 0.6) is 23.0 Å². The number of hydrogen-bond donors (Lipinski definition) is 4. The molecule has 2 aromatic heterocycles. The number of aromatic nitrogens is 2. The zero-order chi connectivity index (χ0) is 38.6. The van der Waals surface area contributed by atoms with Gasteiger partial charge in [0.05, 0.1) is 0 Å². The van der Waals surface area contributed by atoms with Crippen LogP contribution in [0.2, 0.25) is 0 Å². The van der Waals surface area contributed by atoms with Gasteiger partial charge >= 0.3 is 10.4 Å². The molecule has 4 aromatic rings. The first-order chi connectivity index (χ1) is 23.5. The van der Waals surface area contributed by atoms with Gasteiger partial charge < -0.3 is 20.4 Å². The summed E-state index contributed by atoms with van der Waals surface area (Å²) in [6.07, 6.45) is 8.57. The molecule has 12 nitrogen and oxygen atoms in total. The van der Waals surface area contributed by atoms with Gasteiger partial charge in [-0.3, -0.25) is 18.7 Å². The van der Waals surface area contributed by atoms with Crippen LogP contribution in [-0.4, -0.2) is 39.3 Å². The molecule has 0 fully saturated rings. The fraction of sp³-hybridized carbons (Fsp3) is 0.368. The quantitative estimate of drug-likeness (QED) is 0.101. The maximum atomic E-state index is 12.5. The Balaban J connectivity index is 0.000000312. The van der Waals surface area contributed by atoms with Crippen LogP contribution >= 0.6 is 0 Å². The summed E-state index contributed by atoms with van der Waals surface area (Å²) in [7, 11) is -4.67. The number of rotatable bonds is 10. The first-order valence-electron chi connectivity index (χ1n) is 16.2. The second-order valence-electron chi connectivity index (χ2n) is 14.4. The van der Waals surface area contributed by atoms with Crippen molar-refractivity contribution >= 4 is 22.0 Å². The SMILES string of the molecule is CC(C)(C)C(CC(=O)c1cc([O-])cc(O)c1)C[n+]1ccccc1.CC(C)(C)C(CC(=O)c1cc([O-])cc(O)c1)C[n+]1ccccc1.O=S(=O)(O)O. The molecule has 0 radical (unpaired) electrons. The Hall–Kier alpha value is -4.85. The molecule has 13 heteroatoms. The van der Waals surface area contributed by atoms with Gasteiger partial charge in [0.1, 0.15) is 11.5 Å². The summed E-state index contributed by atoms with van der Waals surface area (Å²) < 4.78 is 35.7. The Bertz CT molecular complexity index is 1670. The third kappa shape index (κ3) is 16.6. The Morgan fingerprint density at radius 1 is 0.608 bits per heavy atom. The number of carbonyl (C=O) groups is 2. The second-order valence-corrected chi connectivity index (χ2v) is 15.3. The molecule has 0 saturated carbocycles.